The summed E-state index contributed by atoms with van der Waals surface area (Å²) in [5.74, 6) is 1.74. The predicted octanol–water partition coefficient (Wildman–Crippen LogP) is 3.73. The van der Waals surface area contributed by atoms with Crippen LogP contribution < -0.4 is 0 Å². The second-order valence-electron chi connectivity index (χ2n) is 9.47. The third-order valence-electron chi connectivity index (χ3n) is 6.88. The number of hydrogen-bond acceptors (Lipinski definition) is 5. The van der Waals surface area contributed by atoms with Gasteiger partial charge in [-0.1, -0.05) is 39.0 Å². The SMILES string of the molecule is Cc1ccccc1-n1nnnc1C1(N2CCOCC2)CCC(C(C)(C)C)CC1. The number of tetrazole rings is 1. The van der Waals surface area contributed by atoms with Gasteiger partial charge in [0.05, 0.1) is 24.4 Å². The van der Waals surface area contributed by atoms with Gasteiger partial charge in [-0.3, -0.25) is 4.90 Å². The van der Waals surface area contributed by atoms with Gasteiger partial charge in [0.1, 0.15) is 0 Å². The minimum Gasteiger partial charge on any atom is -0.379 e. The lowest BCUT2D eigenvalue weighted by atomic mass is 9.66. The van der Waals surface area contributed by atoms with E-state index >= 15 is 0 Å². The van der Waals surface area contributed by atoms with E-state index in [9.17, 15) is 0 Å². The third kappa shape index (κ3) is 3.48. The lowest BCUT2D eigenvalue weighted by molar-refractivity contribution is -0.0576. The van der Waals surface area contributed by atoms with Gasteiger partial charge in [-0.15, -0.1) is 5.10 Å². The van der Waals surface area contributed by atoms with Crippen LogP contribution >= 0.6 is 0 Å². The molecule has 1 aliphatic heterocycles. The summed E-state index contributed by atoms with van der Waals surface area (Å²) in [4.78, 5) is 2.59. The number of rotatable bonds is 3. The van der Waals surface area contributed by atoms with E-state index in [1.165, 1.54) is 18.4 Å². The van der Waals surface area contributed by atoms with Crippen LogP contribution in [0, 0.1) is 18.3 Å². The number of aromatic nitrogens is 4. The topological polar surface area (TPSA) is 56.1 Å². The Labute approximate surface area is 168 Å². The van der Waals surface area contributed by atoms with Crippen molar-refractivity contribution in [3.05, 3.63) is 35.7 Å². The molecule has 6 heteroatoms. The summed E-state index contributed by atoms with van der Waals surface area (Å²) in [6.07, 6.45) is 4.62. The molecule has 2 fully saturated rings. The maximum absolute atomic E-state index is 5.66. The standard InChI is InChI=1S/C22H33N5O/c1-17-7-5-6-8-19(17)27-20(23-24-25-27)22(26-13-15-28-16-14-26)11-9-18(10-12-22)21(2,3)4/h5-8,18H,9-16H2,1-4H3. The maximum atomic E-state index is 5.66. The van der Waals surface area contributed by atoms with Crippen molar-refractivity contribution in [3.8, 4) is 5.69 Å². The summed E-state index contributed by atoms with van der Waals surface area (Å²) in [6.45, 7) is 12.7. The van der Waals surface area contributed by atoms with Crippen molar-refractivity contribution in [1.29, 1.82) is 0 Å². The minimum absolute atomic E-state index is 0.114. The average molecular weight is 384 g/mol. The summed E-state index contributed by atoms with van der Waals surface area (Å²) in [7, 11) is 0. The molecule has 0 spiro atoms. The van der Waals surface area contributed by atoms with Gasteiger partial charge in [0.2, 0.25) is 0 Å². The fourth-order valence-electron chi connectivity index (χ4n) is 5.07. The van der Waals surface area contributed by atoms with Crippen LogP contribution in [0.4, 0.5) is 0 Å². The van der Waals surface area contributed by atoms with E-state index in [0.29, 0.717) is 5.41 Å². The lowest BCUT2D eigenvalue weighted by Gasteiger charge is -2.50. The van der Waals surface area contributed by atoms with Crippen molar-refractivity contribution in [1.82, 2.24) is 25.1 Å². The molecule has 28 heavy (non-hydrogen) atoms. The van der Waals surface area contributed by atoms with E-state index in [4.69, 9.17) is 4.74 Å². The van der Waals surface area contributed by atoms with Crippen LogP contribution in [0.3, 0.4) is 0 Å². The molecule has 1 aromatic heterocycles. The first kappa shape index (κ1) is 19.5. The van der Waals surface area contributed by atoms with Gasteiger partial charge in [0, 0.05) is 13.1 Å². The smallest absolute Gasteiger partial charge is 0.176 e. The number of benzene rings is 1. The van der Waals surface area contributed by atoms with Gasteiger partial charge in [-0.25, -0.2) is 0 Å². The summed E-state index contributed by atoms with van der Waals surface area (Å²) >= 11 is 0. The highest BCUT2D eigenvalue weighted by atomic mass is 16.5. The number of hydrogen-bond donors (Lipinski definition) is 0. The lowest BCUT2D eigenvalue weighted by Crippen LogP contribution is -2.54. The van der Waals surface area contributed by atoms with Crippen LogP contribution in [0.25, 0.3) is 5.69 Å². The normalized spacial score (nSPS) is 27.1. The Kier molecular flexibility index (Phi) is 5.27. The molecule has 2 heterocycles. The molecule has 152 valence electrons. The van der Waals surface area contributed by atoms with Crippen LogP contribution in [0.1, 0.15) is 57.8 Å². The second-order valence-corrected chi connectivity index (χ2v) is 9.47. The van der Waals surface area contributed by atoms with E-state index in [-0.39, 0.29) is 5.54 Å². The van der Waals surface area contributed by atoms with Crippen LogP contribution in [0.2, 0.25) is 0 Å². The van der Waals surface area contributed by atoms with Gasteiger partial charge >= 0.3 is 0 Å². The van der Waals surface area contributed by atoms with Crippen molar-refractivity contribution >= 4 is 0 Å². The predicted molar refractivity (Wildman–Crippen MR) is 109 cm³/mol. The zero-order valence-electron chi connectivity index (χ0n) is 17.7. The van der Waals surface area contributed by atoms with Crippen molar-refractivity contribution < 1.29 is 4.74 Å². The highest BCUT2D eigenvalue weighted by Crippen LogP contribution is 2.48. The van der Waals surface area contributed by atoms with Crippen molar-refractivity contribution in [3.63, 3.8) is 0 Å². The fraction of sp³-hybridized carbons (Fsp3) is 0.682. The van der Waals surface area contributed by atoms with Gasteiger partial charge in [-0.05, 0) is 66.0 Å². The summed E-state index contributed by atoms with van der Waals surface area (Å²) in [5, 5.41) is 13.2. The number of aryl methyl sites for hydroxylation is 1. The monoisotopic (exact) mass is 383 g/mol. The molecule has 1 aliphatic carbocycles. The molecular weight excluding hydrogens is 350 g/mol. The summed E-state index contributed by atoms with van der Waals surface area (Å²) in [5.41, 5.74) is 2.50. The molecule has 0 atom stereocenters. The molecule has 0 unspecified atom stereocenters. The van der Waals surface area contributed by atoms with Crippen LogP contribution in [-0.4, -0.2) is 51.4 Å². The first-order valence-corrected chi connectivity index (χ1v) is 10.6. The van der Waals surface area contributed by atoms with Crippen molar-refractivity contribution in [2.45, 2.75) is 58.9 Å². The molecular formula is C22H33N5O. The quantitative estimate of drug-likeness (QED) is 0.808. The maximum Gasteiger partial charge on any atom is 0.176 e. The van der Waals surface area contributed by atoms with Crippen LogP contribution in [-0.2, 0) is 10.3 Å². The van der Waals surface area contributed by atoms with E-state index in [1.54, 1.807) is 0 Å². The Morgan fingerprint density at radius 3 is 2.39 bits per heavy atom. The molecule has 0 N–H and O–H groups in total. The Bertz CT molecular complexity index is 795. The van der Waals surface area contributed by atoms with E-state index in [1.807, 2.05) is 4.68 Å². The van der Waals surface area contributed by atoms with Crippen LogP contribution in [0.5, 0.6) is 0 Å². The molecule has 0 amide bonds. The molecule has 1 aromatic carbocycles. The number of para-hydroxylation sites is 1. The van der Waals surface area contributed by atoms with Crippen molar-refractivity contribution in [2.24, 2.45) is 11.3 Å². The Morgan fingerprint density at radius 1 is 1.07 bits per heavy atom. The fourth-order valence-corrected chi connectivity index (χ4v) is 5.07. The number of morpholine rings is 1. The molecule has 6 nitrogen and oxygen atoms in total. The van der Waals surface area contributed by atoms with Gasteiger partial charge in [0.25, 0.3) is 0 Å². The molecule has 0 bridgehead atoms. The van der Waals surface area contributed by atoms with Gasteiger partial charge < -0.3 is 4.74 Å². The molecule has 1 saturated carbocycles. The van der Waals surface area contributed by atoms with Crippen molar-refractivity contribution in [2.75, 3.05) is 26.3 Å². The molecule has 2 aliphatic rings. The highest BCUT2D eigenvalue weighted by molar-refractivity contribution is 5.40. The van der Waals surface area contributed by atoms with Gasteiger partial charge in [0.15, 0.2) is 5.82 Å². The zero-order chi connectivity index (χ0) is 19.8. The van der Waals surface area contributed by atoms with Gasteiger partial charge in [-0.2, -0.15) is 4.68 Å². The number of nitrogens with zero attached hydrogens (tertiary/aromatic N) is 5. The molecule has 0 radical (unpaired) electrons. The van der Waals surface area contributed by atoms with E-state index < -0.39 is 0 Å². The first-order chi connectivity index (χ1) is 13.4. The molecule has 4 rings (SSSR count). The average Bonchev–Trinajstić information content (AvgIpc) is 3.18. The second kappa shape index (κ2) is 7.56. The molecule has 2 aromatic rings. The summed E-state index contributed by atoms with van der Waals surface area (Å²) < 4.78 is 7.65. The Balaban J connectivity index is 1.74. The zero-order valence-corrected chi connectivity index (χ0v) is 17.7. The van der Waals surface area contributed by atoms with E-state index in [2.05, 4.69) is 72.4 Å². The number of ether oxygens (including phenoxy) is 1. The molecule has 1 saturated heterocycles. The Morgan fingerprint density at radius 2 is 1.75 bits per heavy atom. The van der Waals surface area contributed by atoms with Crippen LogP contribution in [0.15, 0.2) is 24.3 Å². The first-order valence-electron chi connectivity index (χ1n) is 10.6. The Hall–Kier alpha value is -1.79. The summed E-state index contributed by atoms with van der Waals surface area (Å²) in [6, 6.07) is 8.36. The largest absolute Gasteiger partial charge is 0.379 e. The highest BCUT2D eigenvalue weighted by Gasteiger charge is 2.47. The third-order valence-corrected chi connectivity index (χ3v) is 6.88. The minimum atomic E-state index is -0.114. The van der Waals surface area contributed by atoms with E-state index in [0.717, 1.165) is 56.6 Å².